The predicted molar refractivity (Wildman–Crippen MR) is 81.5 cm³/mol. The fraction of sp³-hybridized carbons (Fsp3) is 0.600. The van der Waals surface area contributed by atoms with Crippen LogP contribution in [0, 0.1) is 0 Å². The number of hydrogen-bond acceptors (Lipinski definition) is 3. The quantitative estimate of drug-likeness (QED) is 0.848. The molecule has 1 heterocycles. The molecule has 0 saturated carbocycles. The molecule has 20 heavy (non-hydrogen) atoms. The Balaban J connectivity index is 2.19. The van der Waals surface area contributed by atoms with E-state index in [4.69, 9.17) is 9.47 Å². The minimum atomic E-state index is 0.264. The third kappa shape index (κ3) is 3.45. The summed E-state index contributed by atoms with van der Waals surface area (Å²) in [7, 11) is 3.29. The van der Waals surface area contributed by atoms with Gasteiger partial charge in [0.25, 0.3) is 0 Å². The number of likely N-dealkylation sites (tertiary alicyclic amines) is 1. The predicted octanol–water partition coefficient (Wildman–Crippen LogP) is 1.40. The van der Waals surface area contributed by atoms with Crippen molar-refractivity contribution in [2.24, 2.45) is 0 Å². The average molecular weight is 345 g/mol. The Labute approximate surface area is 128 Å². The van der Waals surface area contributed by atoms with E-state index in [2.05, 4.69) is 15.9 Å². The van der Waals surface area contributed by atoms with Gasteiger partial charge in [0, 0.05) is 16.5 Å². The lowest BCUT2D eigenvalue weighted by Gasteiger charge is -2.31. The van der Waals surface area contributed by atoms with Gasteiger partial charge in [-0.25, -0.2) is 0 Å². The number of rotatable bonds is 5. The Morgan fingerprint density at radius 2 is 1.95 bits per heavy atom. The van der Waals surface area contributed by atoms with Crippen molar-refractivity contribution in [2.75, 3.05) is 27.4 Å². The monoisotopic (exact) mass is 344 g/mol. The molecule has 1 aliphatic rings. The van der Waals surface area contributed by atoms with Crippen LogP contribution < -0.4 is 14.4 Å². The zero-order valence-electron chi connectivity index (χ0n) is 12.1. The Bertz CT molecular complexity index is 453. The van der Waals surface area contributed by atoms with Gasteiger partial charge >= 0.3 is 0 Å². The highest BCUT2D eigenvalue weighted by atomic mass is 79.9. The van der Waals surface area contributed by atoms with E-state index in [-0.39, 0.29) is 6.61 Å². The van der Waals surface area contributed by atoms with Crippen molar-refractivity contribution in [3.8, 4) is 11.5 Å². The number of quaternary nitrogens is 1. The molecule has 1 fully saturated rings. The van der Waals surface area contributed by atoms with Gasteiger partial charge in [0.2, 0.25) is 0 Å². The summed E-state index contributed by atoms with van der Waals surface area (Å²) in [5.74, 6) is 1.48. The molecule has 1 saturated heterocycles. The first-order valence-corrected chi connectivity index (χ1v) is 7.84. The van der Waals surface area contributed by atoms with Gasteiger partial charge in [-0.1, -0.05) is 15.9 Å². The zero-order valence-corrected chi connectivity index (χ0v) is 13.7. The summed E-state index contributed by atoms with van der Waals surface area (Å²) >= 11 is 3.61. The number of benzene rings is 1. The van der Waals surface area contributed by atoms with Crippen molar-refractivity contribution in [3.63, 3.8) is 0 Å². The van der Waals surface area contributed by atoms with Gasteiger partial charge in [-0.3, -0.25) is 0 Å². The smallest absolute Gasteiger partial charge is 0.161 e. The Hall–Kier alpha value is -0.780. The van der Waals surface area contributed by atoms with E-state index in [0.29, 0.717) is 6.04 Å². The molecule has 1 unspecified atom stereocenters. The van der Waals surface area contributed by atoms with Crippen LogP contribution in [0.3, 0.4) is 0 Å². The molecule has 2 N–H and O–H groups in total. The van der Waals surface area contributed by atoms with Crippen molar-refractivity contribution in [1.29, 1.82) is 0 Å². The van der Waals surface area contributed by atoms with E-state index < -0.39 is 0 Å². The van der Waals surface area contributed by atoms with E-state index >= 15 is 0 Å². The number of nitrogens with one attached hydrogen (secondary N) is 1. The summed E-state index contributed by atoms with van der Waals surface area (Å²) in [4.78, 5) is 1.45. The average Bonchev–Trinajstić information content (AvgIpc) is 2.49. The molecule has 0 bridgehead atoms. The molecule has 0 amide bonds. The van der Waals surface area contributed by atoms with E-state index in [0.717, 1.165) is 35.5 Å². The molecule has 1 aromatic rings. The van der Waals surface area contributed by atoms with Gasteiger partial charge < -0.3 is 19.5 Å². The van der Waals surface area contributed by atoms with Crippen LogP contribution in [0.4, 0.5) is 0 Å². The molecule has 2 rings (SSSR count). The maximum absolute atomic E-state index is 9.51. The summed E-state index contributed by atoms with van der Waals surface area (Å²) < 4.78 is 11.7. The van der Waals surface area contributed by atoms with E-state index in [9.17, 15) is 5.11 Å². The van der Waals surface area contributed by atoms with Crippen LogP contribution in [0.25, 0.3) is 0 Å². The van der Waals surface area contributed by atoms with Crippen molar-refractivity contribution in [3.05, 3.63) is 22.2 Å². The standard InChI is InChI=1S/C15H22BrNO3/c1-19-14-7-11(13(16)8-15(14)20-2)9-17-6-4-3-5-12(17)10-18/h7-8,12,18H,3-6,9-10H2,1-2H3/p+1/t12-/m1/s1. The Kier molecular flexibility index (Phi) is 5.69. The SMILES string of the molecule is COc1cc(Br)c(C[NH+]2CCCC[C@@H]2CO)cc1OC. The Morgan fingerprint density at radius 3 is 2.60 bits per heavy atom. The highest BCUT2D eigenvalue weighted by Gasteiger charge is 2.26. The molecule has 1 aromatic carbocycles. The number of aliphatic hydroxyl groups excluding tert-OH is 1. The first-order chi connectivity index (χ1) is 9.69. The largest absolute Gasteiger partial charge is 0.493 e. The van der Waals surface area contributed by atoms with Crippen molar-refractivity contribution < 1.29 is 19.5 Å². The van der Waals surface area contributed by atoms with E-state index in [1.54, 1.807) is 14.2 Å². The Morgan fingerprint density at radius 1 is 1.25 bits per heavy atom. The van der Waals surface area contributed by atoms with Crippen LogP contribution in [0.15, 0.2) is 16.6 Å². The van der Waals surface area contributed by atoms with Crippen LogP contribution in [-0.2, 0) is 6.54 Å². The summed E-state index contributed by atoms with van der Waals surface area (Å²) in [5.41, 5.74) is 1.19. The number of piperidine rings is 1. The van der Waals surface area contributed by atoms with Gasteiger partial charge in [0.15, 0.2) is 11.5 Å². The van der Waals surface area contributed by atoms with Crippen molar-refractivity contribution >= 4 is 15.9 Å². The van der Waals surface area contributed by atoms with Crippen molar-refractivity contribution in [1.82, 2.24) is 0 Å². The molecule has 0 aliphatic carbocycles. The fourth-order valence-corrected chi connectivity index (χ4v) is 3.34. The topological polar surface area (TPSA) is 43.1 Å². The zero-order chi connectivity index (χ0) is 14.5. The maximum atomic E-state index is 9.51. The summed E-state index contributed by atoms with van der Waals surface area (Å²) in [6.07, 6.45) is 3.56. The number of ether oxygens (including phenoxy) is 2. The molecular formula is C15H23BrNO3+. The third-order valence-corrected chi connectivity index (χ3v) is 4.81. The van der Waals surface area contributed by atoms with Crippen LogP contribution in [0.5, 0.6) is 11.5 Å². The molecule has 0 spiro atoms. The minimum Gasteiger partial charge on any atom is -0.493 e. The molecule has 4 nitrogen and oxygen atoms in total. The van der Waals surface area contributed by atoms with E-state index in [1.165, 1.54) is 23.3 Å². The highest BCUT2D eigenvalue weighted by Crippen LogP contribution is 2.33. The lowest BCUT2D eigenvalue weighted by atomic mass is 10.0. The van der Waals surface area contributed by atoms with Crippen LogP contribution in [-0.4, -0.2) is 38.5 Å². The summed E-state index contributed by atoms with van der Waals surface area (Å²) in [6.45, 7) is 2.28. The molecule has 0 radical (unpaired) electrons. The highest BCUT2D eigenvalue weighted by molar-refractivity contribution is 9.10. The van der Waals surface area contributed by atoms with Gasteiger partial charge in [-0.2, -0.15) is 0 Å². The lowest BCUT2D eigenvalue weighted by Crippen LogP contribution is -3.16. The molecule has 2 atom stereocenters. The fourth-order valence-electron chi connectivity index (χ4n) is 2.88. The molecule has 5 heteroatoms. The molecule has 0 aromatic heterocycles. The number of hydrogen-bond donors (Lipinski definition) is 2. The second-order valence-electron chi connectivity index (χ2n) is 5.26. The number of halogens is 1. The molecule has 1 aliphatic heterocycles. The minimum absolute atomic E-state index is 0.264. The normalized spacial score (nSPS) is 22.6. The number of methoxy groups -OCH3 is 2. The van der Waals surface area contributed by atoms with Gasteiger partial charge in [0.05, 0.1) is 27.4 Å². The van der Waals surface area contributed by atoms with Gasteiger partial charge in [0.1, 0.15) is 12.6 Å². The summed E-state index contributed by atoms with van der Waals surface area (Å²) in [5, 5.41) is 9.51. The first kappa shape index (κ1) is 15.6. The maximum Gasteiger partial charge on any atom is 0.161 e. The number of aliphatic hydroxyl groups is 1. The van der Waals surface area contributed by atoms with Crippen LogP contribution in [0.1, 0.15) is 24.8 Å². The third-order valence-electron chi connectivity index (χ3n) is 4.07. The first-order valence-electron chi connectivity index (χ1n) is 7.05. The molecule has 112 valence electrons. The lowest BCUT2D eigenvalue weighted by molar-refractivity contribution is -0.944. The second-order valence-corrected chi connectivity index (χ2v) is 6.11. The van der Waals surface area contributed by atoms with Gasteiger partial charge in [-0.15, -0.1) is 0 Å². The van der Waals surface area contributed by atoms with Crippen LogP contribution in [0.2, 0.25) is 0 Å². The van der Waals surface area contributed by atoms with Gasteiger partial charge in [-0.05, 0) is 25.0 Å². The van der Waals surface area contributed by atoms with E-state index in [1.807, 2.05) is 12.1 Å². The summed E-state index contributed by atoms with van der Waals surface area (Å²) in [6, 6.07) is 4.33. The molecular weight excluding hydrogens is 322 g/mol. The van der Waals surface area contributed by atoms with Crippen molar-refractivity contribution in [2.45, 2.75) is 31.8 Å². The van der Waals surface area contributed by atoms with Crippen LogP contribution >= 0.6 is 15.9 Å². The second kappa shape index (κ2) is 7.29.